The Balaban J connectivity index is 2.57. The number of nitrogens with one attached hydrogen (secondary N) is 1. The minimum atomic E-state index is -4.26. The Morgan fingerprint density at radius 1 is 1.59 bits per heavy atom. The molecule has 1 aliphatic heterocycles. The van der Waals surface area contributed by atoms with Gasteiger partial charge in [-0.25, -0.2) is 0 Å². The molecule has 6 heteroatoms. The number of alkyl halides is 3. The molecule has 0 spiro atoms. The van der Waals surface area contributed by atoms with Gasteiger partial charge in [-0.05, 0) is 13.5 Å². The van der Waals surface area contributed by atoms with Crippen LogP contribution in [-0.4, -0.2) is 43.7 Å². The van der Waals surface area contributed by atoms with Crippen LogP contribution in [0.4, 0.5) is 13.2 Å². The van der Waals surface area contributed by atoms with Crippen molar-refractivity contribution in [2.24, 2.45) is 5.92 Å². The first kappa shape index (κ1) is 14.0. The molecule has 1 rings (SSSR count). The summed E-state index contributed by atoms with van der Waals surface area (Å²) < 4.78 is 37.1. The number of nitrogens with zero attached hydrogens (tertiary/aromatic N) is 1. The maximum atomic E-state index is 12.4. The SMILES string of the molecule is CNCC(C)C(=O)N1CC=C(C(F)(F)F)CC1. The van der Waals surface area contributed by atoms with Crippen LogP contribution in [0.15, 0.2) is 11.6 Å². The van der Waals surface area contributed by atoms with Gasteiger partial charge in [-0.3, -0.25) is 4.79 Å². The quantitative estimate of drug-likeness (QED) is 0.771. The summed E-state index contributed by atoms with van der Waals surface area (Å²) in [4.78, 5) is 13.3. The van der Waals surface area contributed by atoms with E-state index in [1.165, 1.54) is 4.90 Å². The molecule has 17 heavy (non-hydrogen) atoms. The van der Waals surface area contributed by atoms with Gasteiger partial charge in [0.15, 0.2) is 0 Å². The molecule has 98 valence electrons. The number of carbonyl (C=O) groups is 1. The molecule has 1 aliphatic rings. The molecule has 0 radical (unpaired) electrons. The van der Waals surface area contributed by atoms with Gasteiger partial charge in [0.2, 0.25) is 5.91 Å². The van der Waals surface area contributed by atoms with Gasteiger partial charge in [0.25, 0.3) is 0 Å². The van der Waals surface area contributed by atoms with Crippen molar-refractivity contribution in [1.82, 2.24) is 10.2 Å². The van der Waals surface area contributed by atoms with Crippen LogP contribution in [0.2, 0.25) is 0 Å². The average molecular weight is 250 g/mol. The molecular weight excluding hydrogens is 233 g/mol. The lowest BCUT2D eigenvalue weighted by Gasteiger charge is -2.29. The van der Waals surface area contributed by atoms with Crippen molar-refractivity contribution in [2.45, 2.75) is 19.5 Å². The molecule has 1 unspecified atom stereocenters. The smallest absolute Gasteiger partial charge is 0.338 e. The predicted molar refractivity (Wildman–Crippen MR) is 58.4 cm³/mol. The van der Waals surface area contributed by atoms with Crippen LogP contribution >= 0.6 is 0 Å². The maximum absolute atomic E-state index is 12.4. The van der Waals surface area contributed by atoms with Gasteiger partial charge < -0.3 is 10.2 Å². The summed E-state index contributed by atoms with van der Waals surface area (Å²) in [6, 6.07) is 0. The fraction of sp³-hybridized carbons (Fsp3) is 0.727. The van der Waals surface area contributed by atoms with E-state index in [1.54, 1.807) is 14.0 Å². The van der Waals surface area contributed by atoms with Crippen molar-refractivity contribution in [3.05, 3.63) is 11.6 Å². The number of rotatable bonds is 3. The topological polar surface area (TPSA) is 32.3 Å². The van der Waals surface area contributed by atoms with E-state index in [1.807, 2.05) is 0 Å². The number of halogens is 3. The molecule has 0 bridgehead atoms. The van der Waals surface area contributed by atoms with E-state index in [4.69, 9.17) is 0 Å². The first-order chi connectivity index (χ1) is 7.86. The second-order valence-corrected chi connectivity index (χ2v) is 4.22. The lowest BCUT2D eigenvalue weighted by atomic mass is 10.1. The van der Waals surface area contributed by atoms with Crippen LogP contribution in [0.3, 0.4) is 0 Å². The fourth-order valence-electron chi connectivity index (χ4n) is 1.83. The van der Waals surface area contributed by atoms with Crippen LogP contribution in [-0.2, 0) is 4.79 Å². The van der Waals surface area contributed by atoms with Gasteiger partial charge in [-0.15, -0.1) is 0 Å². The Labute approximate surface area is 98.7 Å². The maximum Gasteiger partial charge on any atom is 0.412 e. The van der Waals surface area contributed by atoms with Gasteiger partial charge in [-0.2, -0.15) is 13.2 Å². The van der Waals surface area contributed by atoms with E-state index in [-0.39, 0.29) is 31.3 Å². The lowest BCUT2D eigenvalue weighted by molar-refractivity contribution is -0.135. The molecule has 1 atom stereocenters. The Morgan fingerprint density at radius 2 is 2.24 bits per heavy atom. The lowest BCUT2D eigenvalue weighted by Crippen LogP contribution is -2.41. The minimum absolute atomic E-state index is 0.0573. The summed E-state index contributed by atoms with van der Waals surface area (Å²) in [5.74, 6) is -0.308. The summed E-state index contributed by atoms with van der Waals surface area (Å²) in [7, 11) is 1.74. The highest BCUT2D eigenvalue weighted by Gasteiger charge is 2.35. The molecule has 0 aliphatic carbocycles. The summed E-state index contributed by atoms with van der Waals surface area (Å²) in [6.45, 7) is 2.51. The zero-order valence-electron chi connectivity index (χ0n) is 9.97. The van der Waals surface area contributed by atoms with Crippen molar-refractivity contribution < 1.29 is 18.0 Å². The van der Waals surface area contributed by atoms with Crippen molar-refractivity contribution in [3.8, 4) is 0 Å². The number of hydrogen-bond donors (Lipinski definition) is 1. The highest BCUT2D eigenvalue weighted by atomic mass is 19.4. The monoisotopic (exact) mass is 250 g/mol. The Bertz CT molecular complexity index is 312. The van der Waals surface area contributed by atoms with Gasteiger partial charge in [-0.1, -0.05) is 13.0 Å². The van der Waals surface area contributed by atoms with E-state index in [0.29, 0.717) is 6.54 Å². The summed E-state index contributed by atoms with van der Waals surface area (Å²) >= 11 is 0. The highest BCUT2D eigenvalue weighted by molar-refractivity contribution is 5.79. The first-order valence-corrected chi connectivity index (χ1v) is 5.56. The van der Waals surface area contributed by atoms with Crippen molar-refractivity contribution in [3.63, 3.8) is 0 Å². The van der Waals surface area contributed by atoms with E-state index in [9.17, 15) is 18.0 Å². The molecule has 0 saturated carbocycles. The molecule has 0 aromatic rings. The minimum Gasteiger partial charge on any atom is -0.338 e. The van der Waals surface area contributed by atoms with Crippen molar-refractivity contribution in [1.29, 1.82) is 0 Å². The van der Waals surface area contributed by atoms with Gasteiger partial charge in [0.05, 0.1) is 0 Å². The van der Waals surface area contributed by atoms with Crippen LogP contribution in [0.1, 0.15) is 13.3 Å². The fourth-order valence-corrected chi connectivity index (χ4v) is 1.83. The average Bonchev–Trinajstić information content (AvgIpc) is 2.27. The molecular formula is C11H17F3N2O. The third-order valence-electron chi connectivity index (χ3n) is 2.82. The Kier molecular flexibility index (Phi) is 4.56. The summed E-state index contributed by atoms with van der Waals surface area (Å²) in [5, 5.41) is 2.88. The normalized spacial score (nSPS) is 18.9. The largest absolute Gasteiger partial charge is 0.412 e. The third-order valence-corrected chi connectivity index (χ3v) is 2.82. The second-order valence-electron chi connectivity index (χ2n) is 4.22. The Hall–Kier alpha value is -1.04. The van der Waals surface area contributed by atoms with E-state index in [2.05, 4.69) is 5.32 Å². The van der Waals surface area contributed by atoms with Crippen LogP contribution < -0.4 is 5.32 Å². The summed E-state index contributed by atoms with van der Waals surface area (Å²) in [6.07, 6.45) is -3.26. The van der Waals surface area contributed by atoms with Gasteiger partial charge >= 0.3 is 6.18 Å². The third kappa shape index (κ3) is 3.73. The second kappa shape index (κ2) is 5.53. The zero-order valence-corrected chi connectivity index (χ0v) is 9.97. The highest BCUT2D eigenvalue weighted by Crippen LogP contribution is 2.30. The molecule has 1 N–H and O–H groups in total. The molecule has 1 heterocycles. The van der Waals surface area contributed by atoms with E-state index < -0.39 is 11.7 Å². The molecule has 3 nitrogen and oxygen atoms in total. The van der Waals surface area contributed by atoms with Crippen LogP contribution in [0, 0.1) is 5.92 Å². The van der Waals surface area contributed by atoms with Gasteiger partial charge in [0, 0.05) is 31.1 Å². The summed E-state index contributed by atoms with van der Waals surface area (Å²) in [5.41, 5.74) is -0.525. The van der Waals surface area contributed by atoms with Crippen LogP contribution in [0.5, 0.6) is 0 Å². The van der Waals surface area contributed by atoms with E-state index in [0.717, 1.165) is 6.08 Å². The van der Waals surface area contributed by atoms with Crippen molar-refractivity contribution >= 4 is 5.91 Å². The number of carbonyl (C=O) groups excluding carboxylic acids is 1. The molecule has 0 aromatic heterocycles. The van der Waals surface area contributed by atoms with Gasteiger partial charge in [0.1, 0.15) is 0 Å². The van der Waals surface area contributed by atoms with Crippen LogP contribution in [0.25, 0.3) is 0 Å². The number of amides is 1. The van der Waals surface area contributed by atoms with Crippen molar-refractivity contribution in [2.75, 3.05) is 26.7 Å². The first-order valence-electron chi connectivity index (χ1n) is 5.56. The molecule has 0 saturated heterocycles. The Morgan fingerprint density at radius 3 is 2.65 bits per heavy atom. The molecule has 0 aromatic carbocycles. The molecule has 1 amide bonds. The molecule has 0 fully saturated rings. The van der Waals surface area contributed by atoms with E-state index >= 15 is 0 Å². The zero-order chi connectivity index (χ0) is 13.1. The number of hydrogen-bond acceptors (Lipinski definition) is 2. The standard InChI is InChI=1S/C11H17F3N2O/c1-8(7-15-2)10(17)16-5-3-9(4-6-16)11(12,13)14/h3,8,15H,4-7H2,1-2H3. The predicted octanol–water partition coefficient (Wildman–Crippen LogP) is 1.56.